The summed E-state index contributed by atoms with van der Waals surface area (Å²) in [6.07, 6.45) is 2.50. The molecule has 0 radical (unpaired) electrons. The number of hydrogen-bond acceptors (Lipinski definition) is 6. The van der Waals surface area contributed by atoms with E-state index in [4.69, 9.17) is 9.52 Å². The van der Waals surface area contributed by atoms with Crippen LogP contribution < -0.4 is 0 Å². The van der Waals surface area contributed by atoms with Crippen LogP contribution in [0.3, 0.4) is 0 Å². The van der Waals surface area contributed by atoms with Crippen LogP contribution in [-0.4, -0.2) is 38.3 Å². The van der Waals surface area contributed by atoms with Crippen LogP contribution >= 0.6 is 0 Å². The molecule has 1 aromatic rings. The normalized spacial score (nSPS) is 16.4. The molecule has 1 fully saturated rings. The SMILES string of the molecule is COC(=O)CC1(CS(=O)(=O)Cc2occc2C(=O)O)CC1. The lowest BCUT2D eigenvalue weighted by molar-refractivity contribution is -0.141. The molecule has 1 aromatic heterocycles. The summed E-state index contributed by atoms with van der Waals surface area (Å²) in [7, 11) is -2.32. The number of carboxylic acids is 1. The Morgan fingerprint density at radius 3 is 2.62 bits per heavy atom. The maximum Gasteiger partial charge on any atom is 0.339 e. The van der Waals surface area contributed by atoms with Crippen molar-refractivity contribution in [1.82, 2.24) is 0 Å². The number of methoxy groups -OCH3 is 1. The number of carboxylic acid groups (broad SMARTS) is 1. The van der Waals surface area contributed by atoms with E-state index in [0.29, 0.717) is 12.8 Å². The fraction of sp³-hybridized carbons (Fsp3) is 0.538. The molecule has 0 spiro atoms. The molecule has 0 aromatic carbocycles. The molecule has 0 saturated heterocycles. The van der Waals surface area contributed by atoms with Crippen molar-refractivity contribution in [1.29, 1.82) is 0 Å². The number of rotatable bonds is 7. The summed E-state index contributed by atoms with van der Waals surface area (Å²) < 4.78 is 33.9. The molecule has 0 aliphatic heterocycles. The summed E-state index contributed by atoms with van der Waals surface area (Å²) in [6.45, 7) is 0. The molecule has 0 unspecified atom stereocenters. The summed E-state index contributed by atoms with van der Waals surface area (Å²) in [5, 5.41) is 8.93. The first-order chi connectivity index (χ1) is 9.77. The molecular weight excluding hydrogens is 300 g/mol. The quantitative estimate of drug-likeness (QED) is 0.753. The molecule has 1 saturated carbocycles. The molecule has 1 N–H and O–H groups in total. The zero-order valence-corrected chi connectivity index (χ0v) is 12.3. The largest absolute Gasteiger partial charge is 0.478 e. The smallest absolute Gasteiger partial charge is 0.339 e. The average Bonchev–Trinajstić information content (AvgIpc) is 2.94. The molecule has 116 valence electrons. The van der Waals surface area contributed by atoms with Gasteiger partial charge >= 0.3 is 11.9 Å². The molecule has 0 atom stereocenters. The zero-order chi connectivity index (χ0) is 15.7. The van der Waals surface area contributed by atoms with Crippen LogP contribution in [0.25, 0.3) is 0 Å². The van der Waals surface area contributed by atoms with E-state index in [-0.39, 0.29) is 23.5 Å². The molecule has 8 heteroatoms. The lowest BCUT2D eigenvalue weighted by Crippen LogP contribution is -2.22. The van der Waals surface area contributed by atoms with Crippen LogP contribution in [0.2, 0.25) is 0 Å². The number of carbonyl (C=O) groups is 2. The van der Waals surface area contributed by atoms with E-state index < -0.39 is 32.9 Å². The Bertz CT molecular complexity index is 652. The van der Waals surface area contributed by atoms with Gasteiger partial charge in [0.1, 0.15) is 17.1 Å². The van der Waals surface area contributed by atoms with E-state index in [1.807, 2.05) is 0 Å². The Labute approximate surface area is 121 Å². The van der Waals surface area contributed by atoms with Crippen molar-refractivity contribution in [3.05, 3.63) is 23.7 Å². The number of esters is 1. The van der Waals surface area contributed by atoms with Gasteiger partial charge < -0.3 is 14.3 Å². The van der Waals surface area contributed by atoms with Crippen LogP contribution in [-0.2, 0) is 25.1 Å². The lowest BCUT2D eigenvalue weighted by atomic mass is 10.1. The first-order valence-electron chi connectivity index (χ1n) is 6.34. The van der Waals surface area contributed by atoms with Crippen molar-refractivity contribution in [3.63, 3.8) is 0 Å². The number of hydrogen-bond donors (Lipinski definition) is 1. The minimum absolute atomic E-state index is 0.0622. The summed E-state index contributed by atoms with van der Waals surface area (Å²) in [5.41, 5.74) is -0.724. The first kappa shape index (κ1) is 15.6. The van der Waals surface area contributed by atoms with Gasteiger partial charge in [-0.15, -0.1) is 0 Å². The van der Waals surface area contributed by atoms with Crippen molar-refractivity contribution in [2.45, 2.75) is 25.0 Å². The van der Waals surface area contributed by atoms with Gasteiger partial charge in [-0.2, -0.15) is 0 Å². The molecule has 1 aliphatic rings. The van der Waals surface area contributed by atoms with Crippen molar-refractivity contribution in [3.8, 4) is 0 Å². The number of ether oxygens (including phenoxy) is 1. The fourth-order valence-electron chi connectivity index (χ4n) is 2.29. The maximum absolute atomic E-state index is 12.2. The standard InChI is InChI=1S/C13H16O7S/c1-19-11(14)6-13(3-4-13)8-21(17,18)7-10-9(12(15)16)2-5-20-10/h2,5H,3-4,6-8H2,1H3,(H,15,16). The van der Waals surface area contributed by atoms with Gasteiger partial charge in [0.15, 0.2) is 9.84 Å². The molecule has 1 heterocycles. The predicted molar refractivity (Wildman–Crippen MR) is 71.5 cm³/mol. The Morgan fingerprint density at radius 1 is 1.43 bits per heavy atom. The van der Waals surface area contributed by atoms with E-state index in [1.165, 1.54) is 13.2 Å². The summed E-state index contributed by atoms with van der Waals surface area (Å²) in [6, 6.07) is 1.22. The fourth-order valence-corrected chi connectivity index (χ4v) is 4.34. The predicted octanol–water partition coefficient (Wildman–Crippen LogP) is 1.24. The third kappa shape index (κ3) is 3.84. The third-order valence-corrected chi connectivity index (χ3v) is 5.31. The topological polar surface area (TPSA) is 111 Å². The zero-order valence-electron chi connectivity index (χ0n) is 11.5. The lowest BCUT2D eigenvalue weighted by Gasteiger charge is -2.13. The first-order valence-corrected chi connectivity index (χ1v) is 8.16. The van der Waals surface area contributed by atoms with Gasteiger partial charge in [0.2, 0.25) is 0 Å². The molecular formula is C13H16O7S. The number of carbonyl (C=O) groups excluding carboxylic acids is 1. The van der Waals surface area contributed by atoms with E-state index in [9.17, 15) is 18.0 Å². The second-order valence-corrected chi connectivity index (χ2v) is 7.41. The summed E-state index contributed by atoms with van der Waals surface area (Å²) in [5.74, 6) is -2.41. The molecule has 1 aliphatic carbocycles. The third-order valence-electron chi connectivity index (χ3n) is 3.56. The Morgan fingerprint density at radius 2 is 2.10 bits per heavy atom. The van der Waals surface area contributed by atoms with Crippen LogP contribution in [0.4, 0.5) is 0 Å². The number of furan rings is 1. The van der Waals surface area contributed by atoms with Crippen molar-refractivity contribution < 1.29 is 32.3 Å². The van der Waals surface area contributed by atoms with Crippen LogP contribution in [0.1, 0.15) is 35.4 Å². The van der Waals surface area contributed by atoms with Crippen molar-refractivity contribution >= 4 is 21.8 Å². The molecule has 0 bridgehead atoms. The van der Waals surface area contributed by atoms with E-state index >= 15 is 0 Å². The van der Waals surface area contributed by atoms with Crippen LogP contribution in [0, 0.1) is 5.41 Å². The van der Waals surface area contributed by atoms with Gasteiger partial charge in [-0.05, 0) is 24.3 Å². The second-order valence-electron chi connectivity index (χ2n) is 5.35. The highest BCUT2D eigenvalue weighted by molar-refractivity contribution is 7.90. The Balaban J connectivity index is 2.07. The van der Waals surface area contributed by atoms with Crippen LogP contribution in [0.5, 0.6) is 0 Å². The van der Waals surface area contributed by atoms with E-state index in [2.05, 4.69) is 4.74 Å². The monoisotopic (exact) mass is 316 g/mol. The summed E-state index contributed by atoms with van der Waals surface area (Å²) >= 11 is 0. The molecule has 7 nitrogen and oxygen atoms in total. The average molecular weight is 316 g/mol. The van der Waals surface area contributed by atoms with Gasteiger partial charge in [-0.1, -0.05) is 0 Å². The van der Waals surface area contributed by atoms with Gasteiger partial charge in [-0.25, -0.2) is 13.2 Å². The van der Waals surface area contributed by atoms with Crippen molar-refractivity contribution in [2.75, 3.05) is 12.9 Å². The van der Waals surface area contributed by atoms with Gasteiger partial charge in [0, 0.05) is 0 Å². The Kier molecular flexibility index (Phi) is 4.08. The Hall–Kier alpha value is -1.83. The maximum atomic E-state index is 12.2. The number of aromatic carboxylic acids is 1. The van der Waals surface area contributed by atoms with E-state index in [1.54, 1.807) is 0 Å². The highest BCUT2D eigenvalue weighted by atomic mass is 32.2. The minimum atomic E-state index is -3.57. The molecule has 0 amide bonds. The summed E-state index contributed by atoms with van der Waals surface area (Å²) in [4.78, 5) is 22.2. The van der Waals surface area contributed by atoms with E-state index in [0.717, 1.165) is 6.26 Å². The number of sulfone groups is 1. The van der Waals surface area contributed by atoms with Gasteiger partial charge in [0.25, 0.3) is 0 Å². The highest BCUT2D eigenvalue weighted by Crippen LogP contribution is 2.50. The van der Waals surface area contributed by atoms with Crippen LogP contribution in [0.15, 0.2) is 16.7 Å². The van der Waals surface area contributed by atoms with Gasteiger partial charge in [0.05, 0.1) is 25.5 Å². The minimum Gasteiger partial charge on any atom is -0.478 e. The highest BCUT2D eigenvalue weighted by Gasteiger charge is 2.48. The second kappa shape index (κ2) is 5.51. The van der Waals surface area contributed by atoms with Gasteiger partial charge in [-0.3, -0.25) is 4.79 Å². The molecule has 21 heavy (non-hydrogen) atoms. The molecule has 2 rings (SSSR count). The van der Waals surface area contributed by atoms with Crippen molar-refractivity contribution in [2.24, 2.45) is 5.41 Å².